The Morgan fingerprint density at radius 3 is 2.50 bits per heavy atom. The maximum atomic E-state index is 12.0. The molecular formula is C13H26N2O5. The van der Waals surface area contributed by atoms with E-state index in [1.807, 2.05) is 13.8 Å². The van der Waals surface area contributed by atoms with E-state index in [4.69, 9.17) is 14.6 Å². The molecule has 1 atom stereocenters. The summed E-state index contributed by atoms with van der Waals surface area (Å²) in [6, 6.07) is -1.27. The number of nitrogens with one attached hydrogen (secondary N) is 1. The molecule has 0 aliphatic carbocycles. The summed E-state index contributed by atoms with van der Waals surface area (Å²) in [5, 5.41) is 11.6. The Bertz CT molecular complexity index is 286. The van der Waals surface area contributed by atoms with Gasteiger partial charge in [-0.05, 0) is 26.7 Å². The first-order valence-electron chi connectivity index (χ1n) is 6.91. The zero-order chi connectivity index (χ0) is 15.4. The SMILES string of the molecule is CCOCCN(CC)C(=O)NC(CCCOC)C(=O)O. The van der Waals surface area contributed by atoms with Gasteiger partial charge in [0.25, 0.3) is 0 Å². The van der Waals surface area contributed by atoms with Crippen molar-refractivity contribution in [2.24, 2.45) is 0 Å². The third-order valence-corrected chi connectivity index (χ3v) is 2.82. The van der Waals surface area contributed by atoms with E-state index in [1.165, 1.54) is 4.90 Å². The van der Waals surface area contributed by atoms with Crippen molar-refractivity contribution in [3.05, 3.63) is 0 Å². The van der Waals surface area contributed by atoms with Crippen LogP contribution >= 0.6 is 0 Å². The minimum absolute atomic E-state index is 0.345. The van der Waals surface area contributed by atoms with Gasteiger partial charge in [-0.25, -0.2) is 9.59 Å². The number of carbonyl (C=O) groups excluding carboxylic acids is 1. The standard InChI is InChI=1S/C13H26N2O5/c1-4-15(8-10-20-5-2)13(18)14-11(12(16)17)7-6-9-19-3/h11H,4-10H2,1-3H3,(H,14,18)(H,16,17). The Morgan fingerprint density at radius 1 is 1.30 bits per heavy atom. The number of carboxylic acids is 1. The van der Waals surface area contributed by atoms with E-state index in [2.05, 4.69) is 5.32 Å². The highest BCUT2D eigenvalue weighted by Crippen LogP contribution is 2.00. The number of hydrogen-bond donors (Lipinski definition) is 2. The predicted molar refractivity (Wildman–Crippen MR) is 74.8 cm³/mol. The van der Waals surface area contributed by atoms with Crippen LogP contribution in [0.1, 0.15) is 26.7 Å². The highest BCUT2D eigenvalue weighted by Gasteiger charge is 2.22. The lowest BCUT2D eigenvalue weighted by atomic mass is 10.1. The van der Waals surface area contributed by atoms with Crippen molar-refractivity contribution in [1.82, 2.24) is 10.2 Å². The van der Waals surface area contributed by atoms with Crippen molar-refractivity contribution in [3.63, 3.8) is 0 Å². The van der Waals surface area contributed by atoms with Gasteiger partial charge >= 0.3 is 12.0 Å². The van der Waals surface area contributed by atoms with Crippen molar-refractivity contribution >= 4 is 12.0 Å². The van der Waals surface area contributed by atoms with E-state index in [0.717, 1.165) is 0 Å². The number of ether oxygens (including phenoxy) is 2. The number of urea groups is 1. The number of likely N-dealkylation sites (N-methyl/N-ethyl adjacent to an activating group) is 1. The van der Waals surface area contributed by atoms with Gasteiger partial charge in [0.05, 0.1) is 6.61 Å². The molecule has 1 unspecified atom stereocenters. The van der Waals surface area contributed by atoms with E-state index < -0.39 is 12.0 Å². The molecule has 0 aromatic carbocycles. The van der Waals surface area contributed by atoms with Crippen molar-refractivity contribution < 1.29 is 24.2 Å². The van der Waals surface area contributed by atoms with E-state index >= 15 is 0 Å². The zero-order valence-corrected chi connectivity index (χ0v) is 12.6. The summed E-state index contributed by atoms with van der Waals surface area (Å²) >= 11 is 0. The molecule has 0 radical (unpaired) electrons. The monoisotopic (exact) mass is 290 g/mol. The fourth-order valence-electron chi connectivity index (χ4n) is 1.65. The second-order valence-corrected chi connectivity index (χ2v) is 4.25. The van der Waals surface area contributed by atoms with Gasteiger partial charge < -0.3 is 24.8 Å². The third kappa shape index (κ3) is 7.96. The molecule has 2 N–H and O–H groups in total. The zero-order valence-electron chi connectivity index (χ0n) is 12.6. The van der Waals surface area contributed by atoms with Crippen LogP contribution in [0.25, 0.3) is 0 Å². The van der Waals surface area contributed by atoms with Crippen LogP contribution in [-0.4, -0.2) is 68.1 Å². The van der Waals surface area contributed by atoms with Crippen LogP contribution < -0.4 is 5.32 Å². The van der Waals surface area contributed by atoms with Gasteiger partial charge in [0.1, 0.15) is 6.04 Å². The fourth-order valence-corrected chi connectivity index (χ4v) is 1.65. The molecule has 0 aliphatic rings. The number of nitrogens with zero attached hydrogens (tertiary/aromatic N) is 1. The van der Waals surface area contributed by atoms with Gasteiger partial charge in [0.2, 0.25) is 0 Å². The van der Waals surface area contributed by atoms with Crippen LogP contribution in [0.5, 0.6) is 0 Å². The van der Waals surface area contributed by atoms with Crippen LogP contribution in [-0.2, 0) is 14.3 Å². The number of rotatable bonds is 11. The van der Waals surface area contributed by atoms with Crippen LogP contribution in [0.2, 0.25) is 0 Å². The topological polar surface area (TPSA) is 88.1 Å². The van der Waals surface area contributed by atoms with Gasteiger partial charge in [-0.1, -0.05) is 0 Å². The van der Waals surface area contributed by atoms with Crippen molar-refractivity contribution in [2.45, 2.75) is 32.7 Å². The summed E-state index contributed by atoms with van der Waals surface area (Å²) in [4.78, 5) is 24.6. The van der Waals surface area contributed by atoms with Crippen LogP contribution in [0.15, 0.2) is 0 Å². The molecule has 0 aromatic heterocycles. The number of amides is 2. The first-order chi connectivity index (χ1) is 9.56. The molecule has 0 fully saturated rings. The second-order valence-electron chi connectivity index (χ2n) is 4.25. The summed E-state index contributed by atoms with van der Waals surface area (Å²) in [6.45, 7) is 6.18. The molecule has 2 amide bonds. The molecule has 20 heavy (non-hydrogen) atoms. The molecule has 0 saturated heterocycles. The first-order valence-corrected chi connectivity index (χ1v) is 6.91. The molecule has 118 valence electrons. The van der Waals surface area contributed by atoms with Crippen LogP contribution in [0.4, 0.5) is 4.79 Å². The Morgan fingerprint density at radius 2 is 2.00 bits per heavy atom. The molecule has 0 spiro atoms. The number of carbonyl (C=O) groups is 2. The summed E-state index contributed by atoms with van der Waals surface area (Å²) in [5.41, 5.74) is 0. The predicted octanol–water partition coefficient (Wildman–Crippen LogP) is 0.934. The lowest BCUT2D eigenvalue weighted by Crippen LogP contribution is -2.48. The first kappa shape index (κ1) is 18.7. The summed E-state index contributed by atoms with van der Waals surface area (Å²) in [6.07, 6.45) is 0.927. The van der Waals surface area contributed by atoms with E-state index in [1.54, 1.807) is 7.11 Å². The fraction of sp³-hybridized carbons (Fsp3) is 0.846. The molecule has 7 nitrogen and oxygen atoms in total. The molecule has 0 rings (SSSR count). The van der Waals surface area contributed by atoms with Gasteiger partial charge in [-0.3, -0.25) is 0 Å². The molecule has 0 bridgehead atoms. The van der Waals surface area contributed by atoms with Gasteiger partial charge in [0, 0.05) is 33.4 Å². The maximum Gasteiger partial charge on any atom is 0.326 e. The maximum absolute atomic E-state index is 12.0. The van der Waals surface area contributed by atoms with Crippen molar-refractivity contribution in [1.29, 1.82) is 0 Å². The second kappa shape index (κ2) is 11.5. The number of carboxylic acid groups (broad SMARTS) is 1. The van der Waals surface area contributed by atoms with Crippen molar-refractivity contribution in [3.8, 4) is 0 Å². The quantitative estimate of drug-likeness (QED) is 0.553. The molecular weight excluding hydrogens is 264 g/mol. The highest BCUT2D eigenvalue weighted by atomic mass is 16.5. The molecule has 7 heteroatoms. The van der Waals surface area contributed by atoms with Crippen molar-refractivity contribution in [2.75, 3.05) is 40.0 Å². The Balaban J connectivity index is 4.29. The summed E-state index contributed by atoms with van der Waals surface area (Å²) in [7, 11) is 1.56. The van der Waals surface area contributed by atoms with Gasteiger partial charge in [-0.2, -0.15) is 0 Å². The Kier molecular flexibility index (Phi) is 10.7. The summed E-state index contributed by atoms with van der Waals surface area (Å²) in [5.74, 6) is -1.03. The Labute approximate surface area is 120 Å². The minimum Gasteiger partial charge on any atom is -0.480 e. The number of hydrogen-bond acceptors (Lipinski definition) is 4. The normalized spacial score (nSPS) is 11.9. The lowest BCUT2D eigenvalue weighted by Gasteiger charge is -2.23. The van der Waals surface area contributed by atoms with Gasteiger partial charge in [0.15, 0.2) is 0 Å². The highest BCUT2D eigenvalue weighted by molar-refractivity contribution is 5.82. The number of methoxy groups -OCH3 is 1. The third-order valence-electron chi connectivity index (χ3n) is 2.82. The molecule has 0 aromatic rings. The van der Waals surface area contributed by atoms with E-state index in [-0.39, 0.29) is 6.03 Å². The van der Waals surface area contributed by atoms with E-state index in [9.17, 15) is 9.59 Å². The molecule has 0 saturated carbocycles. The van der Waals surface area contributed by atoms with Crippen LogP contribution in [0, 0.1) is 0 Å². The van der Waals surface area contributed by atoms with Gasteiger partial charge in [-0.15, -0.1) is 0 Å². The minimum atomic E-state index is -1.03. The van der Waals surface area contributed by atoms with E-state index in [0.29, 0.717) is 45.8 Å². The summed E-state index contributed by atoms with van der Waals surface area (Å²) < 4.78 is 10.1. The molecule has 0 heterocycles. The average molecular weight is 290 g/mol. The largest absolute Gasteiger partial charge is 0.480 e. The lowest BCUT2D eigenvalue weighted by molar-refractivity contribution is -0.139. The number of aliphatic carboxylic acids is 1. The smallest absolute Gasteiger partial charge is 0.326 e. The average Bonchev–Trinajstić information content (AvgIpc) is 2.42. The molecule has 0 aliphatic heterocycles. The Hall–Kier alpha value is -1.34. The van der Waals surface area contributed by atoms with Crippen LogP contribution in [0.3, 0.4) is 0 Å².